The van der Waals surface area contributed by atoms with E-state index in [1.165, 1.54) is 17.0 Å². The van der Waals surface area contributed by atoms with Crippen LogP contribution < -0.4 is 9.62 Å². The highest BCUT2D eigenvalue weighted by Gasteiger charge is 2.56. The lowest BCUT2D eigenvalue weighted by Crippen LogP contribution is -2.44. The molecule has 0 aromatic heterocycles. The number of alkyl halides is 5. The second-order valence-electron chi connectivity index (χ2n) is 10.6. The fraction of sp³-hybridized carbons (Fsp3) is 0.692. The molecule has 1 aliphatic rings. The third-order valence-corrected chi connectivity index (χ3v) is 8.89. The van der Waals surface area contributed by atoms with Gasteiger partial charge >= 0.3 is 18.1 Å². The number of nitrogens with one attached hydrogen (secondary N) is 1. The highest BCUT2D eigenvalue weighted by molar-refractivity contribution is 7.84. The summed E-state index contributed by atoms with van der Waals surface area (Å²) in [4.78, 5) is 28.9. The third-order valence-electron chi connectivity index (χ3n) is 7.02. The summed E-state index contributed by atoms with van der Waals surface area (Å²) in [5.41, 5.74) is 0.213. The second kappa shape index (κ2) is 14.9. The van der Waals surface area contributed by atoms with Gasteiger partial charge in [0, 0.05) is 52.2 Å². The quantitative estimate of drug-likeness (QED) is 0.0954. The molecule has 2 rings (SSSR count). The minimum absolute atomic E-state index is 0.178. The zero-order valence-corrected chi connectivity index (χ0v) is 25.0. The molecule has 8 nitrogen and oxygen atoms in total. The van der Waals surface area contributed by atoms with Gasteiger partial charge in [-0.2, -0.15) is 22.0 Å². The number of nitrogens with zero attached hydrogens (tertiary/aromatic N) is 2. The van der Waals surface area contributed by atoms with Gasteiger partial charge < -0.3 is 14.2 Å². The number of rotatable bonds is 17. The fourth-order valence-electron chi connectivity index (χ4n) is 4.55. The SMILES string of the molecule is Cc1cc(N2C(=O)N(CCCCCCCCCS(=O)CCCC(F)(F)C(F)(F)F)C(C)(C)C2=O)ccc1NS(=O)[O-]. The first-order chi connectivity index (χ1) is 19.0. The number of anilines is 2. The summed E-state index contributed by atoms with van der Waals surface area (Å²) in [6, 6.07) is 4.14. The topological polar surface area (TPSA) is 110 Å². The van der Waals surface area contributed by atoms with Crippen molar-refractivity contribution in [3.05, 3.63) is 23.8 Å². The molecule has 2 atom stereocenters. The van der Waals surface area contributed by atoms with Gasteiger partial charge in [-0.3, -0.25) is 13.2 Å². The number of carbonyl (C=O) groups excluding carboxylic acids is 2. The van der Waals surface area contributed by atoms with Crippen molar-refractivity contribution < 1.29 is 44.5 Å². The molecular weight excluding hydrogens is 593 g/mol. The Labute approximate surface area is 242 Å². The first-order valence-electron chi connectivity index (χ1n) is 13.4. The van der Waals surface area contributed by atoms with Crippen molar-refractivity contribution in [3.8, 4) is 0 Å². The Balaban J connectivity index is 1.68. The molecule has 1 saturated heterocycles. The molecule has 0 aliphatic carbocycles. The van der Waals surface area contributed by atoms with Gasteiger partial charge in [0.25, 0.3) is 5.91 Å². The Hall–Kier alpha value is -2.13. The molecule has 3 amide bonds. The van der Waals surface area contributed by atoms with Crippen molar-refractivity contribution in [2.24, 2.45) is 0 Å². The number of benzene rings is 1. The lowest BCUT2D eigenvalue weighted by molar-refractivity contribution is -0.284. The van der Waals surface area contributed by atoms with E-state index in [4.69, 9.17) is 0 Å². The molecule has 0 radical (unpaired) electrons. The Morgan fingerprint density at radius 2 is 1.46 bits per heavy atom. The Kier molecular flexibility index (Phi) is 12.7. The summed E-state index contributed by atoms with van der Waals surface area (Å²) in [7, 11) is -1.43. The van der Waals surface area contributed by atoms with Crippen LogP contribution in [-0.2, 0) is 26.9 Å². The smallest absolute Gasteiger partial charge is 0.453 e. The lowest BCUT2D eigenvalue weighted by Gasteiger charge is -2.27. The molecule has 1 aromatic carbocycles. The lowest BCUT2D eigenvalue weighted by atomic mass is 10.0. The van der Waals surface area contributed by atoms with Crippen LogP contribution in [0.15, 0.2) is 18.2 Å². The zero-order valence-electron chi connectivity index (χ0n) is 23.4. The summed E-state index contributed by atoms with van der Waals surface area (Å²) >= 11 is -2.50. The fourth-order valence-corrected chi connectivity index (χ4v) is 6.15. The summed E-state index contributed by atoms with van der Waals surface area (Å²) in [6.45, 7) is 5.41. The molecule has 234 valence electrons. The van der Waals surface area contributed by atoms with Crippen molar-refractivity contribution in [1.29, 1.82) is 0 Å². The van der Waals surface area contributed by atoms with Crippen molar-refractivity contribution in [2.75, 3.05) is 27.7 Å². The first kappa shape index (κ1) is 35.1. The number of urea groups is 1. The number of imide groups is 1. The van der Waals surface area contributed by atoms with E-state index in [0.29, 0.717) is 36.3 Å². The number of amides is 3. The molecule has 1 heterocycles. The molecule has 0 saturated carbocycles. The number of hydrogen-bond donors (Lipinski definition) is 1. The molecular formula is C26H37F5N3O5S2-. The van der Waals surface area contributed by atoms with Crippen LogP contribution in [0.4, 0.5) is 38.1 Å². The van der Waals surface area contributed by atoms with Crippen molar-refractivity contribution in [3.63, 3.8) is 0 Å². The van der Waals surface area contributed by atoms with Crippen molar-refractivity contribution >= 4 is 45.4 Å². The van der Waals surface area contributed by atoms with Crippen LogP contribution in [0.1, 0.15) is 77.2 Å². The first-order valence-corrected chi connectivity index (χ1v) is 16.0. The number of unbranched alkanes of at least 4 members (excludes halogenated alkanes) is 6. The largest absolute Gasteiger partial charge is 0.755 e. The maximum Gasteiger partial charge on any atom is 0.453 e. The number of carbonyl (C=O) groups is 2. The molecule has 1 fully saturated rings. The van der Waals surface area contributed by atoms with Crippen LogP contribution in [0.3, 0.4) is 0 Å². The maximum atomic E-state index is 13.2. The van der Waals surface area contributed by atoms with E-state index >= 15 is 0 Å². The standard InChI is InChI=1S/C26H38F5N3O5S2/c1-19-18-20(12-13-21(19)32-41(38)39)34-22(35)24(2,3)33(23(34)36)15-9-7-5-4-6-8-10-16-40(37)17-11-14-25(27,28)26(29,30)31/h12-13,18,32H,4-11,14-17H2,1-3H3,(H,38,39)/p-1. The van der Waals surface area contributed by atoms with Gasteiger partial charge in [0.1, 0.15) is 5.54 Å². The molecule has 41 heavy (non-hydrogen) atoms. The molecule has 1 aromatic rings. The minimum atomic E-state index is -5.58. The van der Waals surface area contributed by atoms with Crippen LogP contribution in [0.25, 0.3) is 0 Å². The molecule has 2 unspecified atom stereocenters. The minimum Gasteiger partial charge on any atom is -0.755 e. The number of aryl methyl sites for hydroxylation is 1. The van der Waals surface area contributed by atoms with Gasteiger partial charge in [0.15, 0.2) is 0 Å². The average Bonchev–Trinajstić information content (AvgIpc) is 3.02. The van der Waals surface area contributed by atoms with Gasteiger partial charge in [-0.05, 0) is 63.8 Å². The predicted molar refractivity (Wildman–Crippen MR) is 148 cm³/mol. The predicted octanol–water partition coefficient (Wildman–Crippen LogP) is 6.21. The summed E-state index contributed by atoms with van der Waals surface area (Å²) in [5, 5.41) is 0. The van der Waals surface area contributed by atoms with Gasteiger partial charge in [-0.25, -0.2) is 9.69 Å². The van der Waals surface area contributed by atoms with E-state index in [1.54, 1.807) is 26.8 Å². The van der Waals surface area contributed by atoms with E-state index in [2.05, 4.69) is 4.72 Å². The molecule has 15 heteroatoms. The van der Waals surface area contributed by atoms with E-state index in [0.717, 1.165) is 37.0 Å². The van der Waals surface area contributed by atoms with E-state index in [9.17, 15) is 44.5 Å². The van der Waals surface area contributed by atoms with Gasteiger partial charge in [0.2, 0.25) is 0 Å². The summed E-state index contributed by atoms with van der Waals surface area (Å²) in [5.74, 6) is -5.04. The zero-order chi connectivity index (χ0) is 31.0. The summed E-state index contributed by atoms with van der Waals surface area (Å²) in [6.07, 6.45) is -1.90. The monoisotopic (exact) mass is 630 g/mol. The molecule has 1 N–H and O–H groups in total. The highest BCUT2D eigenvalue weighted by atomic mass is 32.2. The number of hydrogen-bond acceptors (Lipinski definition) is 5. The van der Waals surface area contributed by atoms with Gasteiger partial charge in [-0.1, -0.05) is 32.1 Å². The summed E-state index contributed by atoms with van der Waals surface area (Å²) < 4.78 is 98.2. The van der Waals surface area contributed by atoms with Gasteiger partial charge in [0.05, 0.1) is 5.69 Å². The van der Waals surface area contributed by atoms with Crippen molar-refractivity contribution in [2.45, 2.75) is 96.2 Å². The Morgan fingerprint density at radius 3 is 2.02 bits per heavy atom. The van der Waals surface area contributed by atoms with Crippen molar-refractivity contribution in [1.82, 2.24) is 4.90 Å². The molecule has 0 bridgehead atoms. The second-order valence-corrected chi connectivity index (χ2v) is 13.0. The number of halogens is 5. The molecule has 0 spiro atoms. The van der Waals surface area contributed by atoms with Crippen LogP contribution in [0.2, 0.25) is 0 Å². The van der Waals surface area contributed by atoms with Crippen LogP contribution in [0, 0.1) is 6.92 Å². The van der Waals surface area contributed by atoms with E-state index < -0.39 is 58.6 Å². The average molecular weight is 631 g/mol. The Bertz CT molecular complexity index is 1120. The van der Waals surface area contributed by atoms with Crippen LogP contribution >= 0.6 is 0 Å². The normalized spacial score (nSPS) is 17.3. The highest BCUT2D eigenvalue weighted by Crippen LogP contribution is 2.39. The third kappa shape index (κ3) is 9.70. The van der Waals surface area contributed by atoms with Crippen LogP contribution in [0.5, 0.6) is 0 Å². The van der Waals surface area contributed by atoms with Gasteiger partial charge in [-0.15, -0.1) is 0 Å². The van der Waals surface area contributed by atoms with Crippen LogP contribution in [-0.4, -0.2) is 65.5 Å². The Morgan fingerprint density at radius 1 is 0.902 bits per heavy atom. The van der Waals surface area contributed by atoms with E-state index in [-0.39, 0.29) is 17.4 Å². The molecule has 1 aliphatic heterocycles. The van der Waals surface area contributed by atoms with E-state index in [1.807, 2.05) is 0 Å². The maximum absolute atomic E-state index is 13.2.